The third-order valence-electron chi connectivity index (χ3n) is 19.6. The third kappa shape index (κ3) is 3.83. The molecular formula is C52H98. The fraction of sp³-hybridized carbons (Fsp3) is 1.00. The van der Waals surface area contributed by atoms with Crippen molar-refractivity contribution < 1.29 is 0 Å². The Labute approximate surface area is 329 Å². The lowest BCUT2D eigenvalue weighted by Gasteiger charge is -3.00. The molecule has 15 fully saturated rings. The van der Waals surface area contributed by atoms with Gasteiger partial charge in [-0.05, 0) is 179 Å². The molecule has 15 rings (SSSR count). The molecule has 26 unspecified atom stereocenters. The highest BCUT2D eigenvalue weighted by atomic mass is 15.1. The highest BCUT2D eigenvalue weighted by Gasteiger charge is 3.07. The molecule has 52 heavy (non-hydrogen) atoms. The predicted molar refractivity (Wildman–Crippen MR) is 232 cm³/mol. The van der Waals surface area contributed by atoms with E-state index in [1.165, 1.54) is 142 Å². The van der Waals surface area contributed by atoms with Gasteiger partial charge in [0, 0.05) is 0 Å². The molecule has 15 saturated carbocycles. The number of hydrogen-bond acceptors (Lipinski definition) is 0. The standard InChI is InChI=1S/C30H32.11C2H6/c1-2-6-5(1)11-12(6)16-15(11)19-20(16)22-18-14-10-4-9-8-3-7-13(17(18)21(19)22)23-25(7)30(8)27(23)24-26(14)29(9,10)28(24)30;11*1-2/h5-28H,1-4H2;11*1-2H3. The van der Waals surface area contributed by atoms with Gasteiger partial charge < -0.3 is 0 Å². The summed E-state index contributed by atoms with van der Waals surface area (Å²) in [5.74, 6) is 31.5. The molecule has 15 aliphatic carbocycles. The molecular weight excluding hydrogens is 625 g/mol. The molecule has 0 heterocycles. The fourth-order valence-electron chi connectivity index (χ4n) is 20.7. The molecule has 15 aliphatic rings. The zero-order chi connectivity index (χ0) is 39.7. The van der Waals surface area contributed by atoms with Gasteiger partial charge in [0.25, 0.3) is 0 Å². The first kappa shape index (κ1) is 44.7. The van der Waals surface area contributed by atoms with E-state index in [4.69, 9.17) is 0 Å². The molecule has 0 radical (unpaired) electrons. The van der Waals surface area contributed by atoms with Crippen LogP contribution in [0.1, 0.15) is 178 Å². The summed E-state index contributed by atoms with van der Waals surface area (Å²) in [6.45, 7) is 44.0. The van der Waals surface area contributed by atoms with Gasteiger partial charge in [-0.2, -0.15) is 0 Å². The molecule has 0 aromatic carbocycles. The molecule has 306 valence electrons. The lowest BCUT2D eigenvalue weighted by Crippen LogP contribution is -2.97. The van der Waals surface area contributed by atoms with Crippen molar-refractivity contribution >= 4 is 0 Å². The maximum Gasteiger partial charge on any atom is -0.0162 e. The highest BCUT2D eigenvalue weighted by Crippen LogP contribution is 3.10. The Balaban J connectivity index is 0.000000244. The Kier molecular flexibility index (Phi) is 14.2. The van der Waals surface area contributed by atoms with E-state index >= 15 is 0 Å². The van der Waals surface area contributed by atoms with Crippen molar-refractivity contribution in [1.29, 1.82) is 0 Å². The second kappa shape index (κ2) is 16.5. The van der Waals surface area contributed by atoms with Crippen LogP contribution in [-0.2, 0) is 0 Å². The van der Waals surface area contributed by atoms with Crippen LogP contribution in [-0.4, -0.2) is 0 Å². The largest absolute Gasteiger partial charge is 0.0683 e. The summed E-state index contributed by atoms with van der Waals surface area (Å²) >= 11 is 0. The molecule has 0 aliphatic heterocycles. The maximum absolute atomic E-state index is 2.00. The SMILES string of the molecule is C1CC2C1C1C2C2C1C1C2C2C1C1C3C4CC5C6CC7C(C12)C1C2C8C3C4C58C2C761.CC.CC.CC.CC.CC.CC.CC.CC.CC.CC.CC. The Morgan fingerprint density at radius 3 is 0.981 bits per heavy atom. The first-order valence-electron chi connectivity index (χ1n) is 25.9. The molecule has 0 bridgehead atoms. The average Bonchev–Trinajstić information content (AvgIpc) is 3.52. The summed E-state index contributed by atoms with van der Waals surface area (Å²) in [6, 6.07) is 0. The van der Waals surface area contributed by atoms with Crippen LogP contribution in [0.4, 0.5) is 0 Å². The normalized spacial score (nSPS) is 60.3. The van der Waals surface area contributed by atoms with Crippen molar-refractivity contribution in [3.05, 3.63) is 0 Å². The monoisotopic (exact) mass is 723 g/mol. The summed E-state index contributed by atoms with van der Waals surface area (Å²) in [5, 5.41) is 0. The van der Waals surface area contributed by atoms with E-state index in [-0.39, 0.29) is 0 Å². The minimum absolute atomic E-state index is 1.05. The van der Waals surface area contributed by atoms with E-state index < -0.39 is 0 Å². The molecule has 0 N–H and O–H groups in total. The smallest absolute Gasteiger partial charge is 0.0162 e. The molecule has 0 heteroatoms. The number of fused-ring (bicyclic) bond motifs is 21. The second-order valence-corrected chi connectivity index (χ2v) is 17.0. The number of rotatable bonds is 0. The number of hydrogen-bond donors (Lipinski definition) is 0. The van der Waals surface area contributed by atoms with Crippen LogP contribution in [0.5, 0.6) is 0 Å². The third-order valence-corrected chi connectivity index (χ3v) is 19.6. The van der Waals surface area contributed by atoms with Crippen LogP contribution in [0, 0.1) is 153 Å². The first-order valence-corrected chi connectivity index (χ1v) is 25.9. The minimum Gasteiger partial charge on any atom is -0.0683 e. The Morgan fingerprint density at radius 2 is 0.577 bits per heavy atom. The van der Waals surface area contributed by atoms with Gasteiger partial charge in [0.05, 0.1) is 0 Å². The predicted octanol–water partition coefficient (Wildman–Crippen LogP) is 15.8. The van der Waals surface area contributed by atoms with Crippen molar-refractivity contribution in [2.45, 2.75) is 178 Å². The molecule has 0 saturated heterocycles. The Bertz CT molecular complexity index is 1090. The summed E-state index contributed by atoms with van der Waals surface area (Å²) in [7, 11) is 0. The lowest BCUT2D eigenvalue weighted by atomic mass is 9.04. The maximum atomic E-state index is 2.00. The van der Waals surface area contributed by atoms with Crippen molar-refractivity contribution in [3.8, 4) is 0 Å². The quantitative estimate of drug-likeness (QED) is 0.218. The van der Waals surface area contributed by atoms with Gasteiger partial charge >= 0.3 is 0 Å². The summed E-state index contributed by atoms with van der Waals surface area (Å²) in [6.07, 6.45) is 6.87. The molecule has 0 nitrogen and oxygen atoms in total. The van der Waals surface area contributed by atoms with E-state index in [0.717, 1.165) is 10.8 Å². The molecule has 0 aromatic rings. The van der Waals surface area contributed by atoms with Gasteiger partial charge in [0.15, 0.2) is 0 Å². The topological polar surface area (TPSA) is 0 Å². The van der Waals surface area contributed by atoms with Gasteiger partial charge in [0.1, 0.15) is 0 Å². The summed E-state index contributed by atoms with van der Waals surface area (Å²) < 4.78 is 0. The molecule has 0 amide bonds. The van der Waals surface area contributed by atoms with Gasteiger partial charge in [-0.1, -0.05) is 152 Å². The Morgan fingerprint density at radius 1 is 0.250 bits per heavy atom. The van der Waals surface area contributed by atoms with Crippen molar-refractivity contribution in [2.24, 2.45) is 153 Å². The van der Waals surface area contributed by atoms with Crippen molar-refractivity contribution in [1.82, 2.24) is 0 Å². The highest BCUT2D eigenvalue weighted by molar-refractivity contribution is 5.53. The van der Waals surface area contributed by atoms with Crippen LogP contribution in [0.25, 0.3) is 0 Å². The summed E-state index contributed by atoms with van der Waals surface area (Å²) in [5.41, 5.74) is 2.09. The average molecular weight is 723 g/mol. The van der Waals surface area contributed by atoms with E-state index in [9.17, 15) is 0 Å². The van der Waals surface area contributed by atoms with Crippen LogP contribution in [0.15, 0.2) is 0 Å². The molecule has 0 aromatic heterocycles. The van der Waals surface area contributed by atoms with Crippen LogP contribution in [0.3, 0.4) is 0 Å². The van der Waals surface area contributed by atoms with Crippen molar-refractivity contribution in [3.63, 3.8) is 0 Å². The van der Waals surface area contributed by atoms with Crippen LogP contribution >= 0.6 is 0 Å². The minimum atomic E-state index is 1.05. The van der Waals surface area contributed by atoms with E-state index in [1.807, 2.05) is 152 Å². The summed E-state index contributed by atoms with van der Waals surface area (Å²) in [4.78, 5) is 0. The lowest BCUT2D eigenvalue weighted by molar-refractivity contribution is -0.538. The van der Waals surface area contributed by atoms with Gasteiger partial charge in [0.2, 0.25) is 0 Å². The first-order chi connectivity index (χ1) is 25.9. The molecule has 2 spiro atoms. The zero-order valence-electron chi connectivity index (χ0n) is 39.7. The second-order valence-electron chi connectivity index (χ2n) is 17.0. The van der Waals surface area contributed by atoms with Gasteiger partial charge in [-0.15, -0.1) is 0 Å². The fourth-order valence-corrected chi connectivity index (χ4v) is 20.7. The zero-order valence-corrected chi connectivity index (χ0v) is 39.7. The van der Waals surface area contributed by atoms with E-state index in [2.05, 4.69) is 0 Å². The van der Waals surface area contributed by atoms with Crippen LogP contribution in [0.2, 0.25) is 0 Å². The van der Waals surface area contributed by atoms with E-state index in [1.54, 1.807) is 25.7 Å². The van der Waals surface area contributed by atoms with E-state index in [0.29, 0.717) is 0 Å². The van der Waals surface area contributed by atoms with Gasteiger partial charge in [-0.25, -0.2) is 0 Å². The molecule has 26 atom stereocenters. The van der Waals surface area contributed by atoms with Crippen molar-refractivity contribution in [2.75, 3.05) is 0 Å². The van der Waals surface area contributed by atoms with Crippen LogP contribution < -0.4 is 0 Å². The Hall–Kier alpha value is 0. The van der Waals surface area contributed by atoms with Gasteiger partial charge in [-0.3, -0.25) is 0 Å².